The molecule has 0 spiro atoms. The molecule has 0 radical (unpaired) electrons. The third-order valence-electron chi connectivity index (χ3n) is 4.87. The Labute approximate surface area is 165 Å². The quantitative estimate of drug-likeness (QED) is 0.713. The van der Waals surface area contributed by atoms with Crippen LogP contribution in [-0.4, -0.2) is 45.7 Å². The fourth-order valence-corrected chi connectivity index (χ4v) is 4.08. The predicted molar refractivity (Wildman–Crippen MR) is 108 cm³/mol. The van der Waals surface area contributed by atoms with Crippen LogP contribution in [0.25, 0.3) is 10.9 Å². The number of para-hydroxylation sites is 1. The maximum atomic E-state index is 13.1. The third-order valence-corrected chi connectivity index (χ3v) is 5.56. The van der Waals surface area contributed by atoms with E-state index in [1.807, 2.05) is 23.6 Å². The number of carbonyl (C=O) groups excluding carboxylic acids is 1. The van der Waals surface area contributed by atoms with Crippen LogP contribution in [0.3, 0.4) is 0 Å². The number of ether oxygens (including phenoxy) is 1. The molecule has 3 aromatic rings. The van der Waals surface area contributed by atoms with Crippen molar-refractivity contribution in [1.29, 1.82) is 0 Å². The molecular formula is C19H21N5O3S. The van der Waals surface area contributed by atoms with Crippen LogP contribution in [0.5, 0.6) is 0 Å². The Morgan fingerprint density at radius 1 is 1.39 bits per heavy atom. The molecule has 9 heteroatoms. The van der Waals surface area contributed by atoms with E-state index in [9.17, 15) is 9.59 Å². The number of benzene rings is 1. The van der Waals surface area contributed by atoms with Gasteiger partial charge in [0, 0.05) is 25.2 Å². The molecule has 2 amide bonds. The number of amides is 2. The molecular weight excluding hydrogens is 378 g/mol. The fraction of sp³-hybridized carbons (Fsp3) is 0.368. The van der Waals surface area contributed by atoms with Gasteiger partial charge in [0.2, 0.25) is 0 Å². The topological polar surface area (TPSA) is 89.3 Å². The number of hydrogen-bond acceptors (Lipinski definition) is 6. The van der Waals surface area contributed by atoms with Gasteiger partial charge in [-0.05, 0) is 25.0 Å². The number of aromatic nitrogens is 3. The summed E-state index contributed by atoms with van der Waals surface area (Å²) in [5.74, 6) is 0.604. The highest BCUT2D eigenvalue weighted by Crippen LogP contribution is 2.31. The van der Waals surface area contributed by atoms with E-state index in [1.54, 1.807) is 28.8 Å². The second-order valence-electron chi connectivity index (χ2n) is 6.56. The first-order chi connectivity index (χ1) is 13.7. The Hall–Kier alpha value is -2.78. The summed E-state index contributed by atoms with van der Waals surface area (Å²) in [6.07, 6.45) is 3.25. The van der Waals surface area contributed by atoms with Crippen LogP contribution in [-0.2, 0) is 11.3 Å². The Bertz CT molecular complexity index is 1030. The van der Waals surface area contributed by atoms with Crippen molar-refractivity contribution in [1.82, 2.24) is 19.4 Å². The predicted octanol–water partition coefficient (Wildman–Crippen LogP) is 2.87. The summed E-state index contributed by atoms with van der Waals surface area (Å²) in [7, 11) is 1.60. The van der Waals surface area contributed by atoms with Crippen molar-refractivity contribution in [2.45, 2.75) is 25.4 Å². The molecule has 146 valence electrons. The lowest BCUT2D eigenvalue weighted by Crippen LogP contribution is -2.38. The number of urea groups is 1. The summed E-state index contributed by atoms with van der Waals surface area (Å²) in [4.78, 5) is 36.5. The number of anilines is 1. The van der Waals surface area contributed by atoms with Gasteiger partial charge in [0.05, 0.1) is 30.1 Å². The SMILES string of the molecule is COCCn1c(C2CCCN2C(=O)Nc2nccs2)nc2ccccc2c1=O. The smallest absolute Gasteiger partial charge is 0.324 e. The van der Waals surface area contributed by atoms with E-state index in [2.05, 4.69) is 10.3 Å². The summed E-state index contributed by atoms with van der Waals surface area (Å²) < 4.78 is 6.83. The van der Waals surface area contributed by atoms with Crippen molar-refractivity contribution in [3.05, 3.63) is 52.0 Å². The molecule has 8 nitrogen and oxygen atoms in total. The van der Waals surface area contributed by atoms with E-state index in [1.165, 1.54) is 11.3 Å². The highest BCUT2D eigenvalue weighted by molar-refractivity contribution is 7.13. The molecule has 1 saturated heterocycles. The zero-order valence-electron chi connectivity index (χ0n) is 15.5. The zero-order chi connectivity index (χ0) is 19.5. The van der Waals surface area contributed by atoms with Gasteiger partial charge in [-0.1, -0.05) is 12.1 Å². The Kier molecular flexibility index (Phi) is 5.36. The Morgan fingerprint density at radius 2 is 2.25 bits per heavy atom. The number of nitrogens with one attached hydrogen (secondary N) is 1. The summed E-state index contributed by atoms with van der Waals surface area (Å²) in [5.41, 5.74) is 0.535. The first-order valence-corrected chi connectivity index (χ1v) is 10.0. The molecule has 1 fully saturated rings. The van der Waals surface area contributed by atoms with Gasteiger partial charge in [0.1, 0.15) is 5.82 Å². The minimum Gasteiger partial charge on any atom is -0.383 e. The Morgan fingerprint density at radius 3 is 3.04 bits per heavy atom. The maximum absolute atomic E-state index is 13.1. The van der Waals surface area contributed by atoms with E-state index in [4.69, 9.17) is 9.72 Å². The van der Waals surface area contributed by atoms with Gasteiger partial charge in [-0.2, -0.15) is 0 Å². The van der Waals surface area contributed by atoms with Crippen molar-refractivity contribution >= 4 is 33.4 Å². The molecule has 2 aromatic heterocycles. The summed E-state index contributed by atoms with van der Waals surface area (Å²) in [5, 5.41) is 5.77. The van der Waals surface area contributed by atoms with Crippen LogP contribution < -0.4 is 10.9 Å². The van der Waals surface area contributed by atoms with E-state index in [0.717, 1.165) is 12.8 Å². The van der Waals surface area contributed by atoms with Gasteiger partial charge in [-0.15, -0.1) is 11.3 Å². The molecule has 1 aliphatic heterocycles. The third kappa shape index (κ3) is 3.50. The molecule has 1 atom stereocenters. The number of likely N-dealkylation sites (tertiary alicyclic amines) is 1. The van der Waals surface area contributed by atoms with Crippen LogP contribution in [0, 0.1) is 0 Å². The first kappa shape index (κ1) is 18.6. The largest absolute Gasteiger partial charge is 0.383 e. The molecule has 1 unspecified atom stereocenters. The number of methoxy groups -OCH3 is 1. The van der Waals surface area contributed by atoms with Crippen molar-refractivity contribution in [2.24, 2.45) is 0 Å². The zero-order valence-corrected chi connectivity index (χ0v) is 16.3. The van der Waals surface area contributed by atoms with Crippen LogP contribution >= 0.6 is 11.3 Å². The van der Waals surface area contributed by atoms with Crippen molar-refractivity contribution < 1.29 is 9.53 Å². The standard InChI is InChI=1S/C19H21N5O3S/c1-27-11-10-24-16(21-14-6-3-2-5-13(14)17(24)25)15-7-4-9-23(15)19(26)22-18-20-8-12-28-18/h2-3,5-6,8,12,15H,4,7,9-11H2,1H3,(H,20,22,26). The minimum atomic E-state index is -0.269. The summed E-state index contributed by atoms with van der Waals surface area (Å²) in [6.45, 7) is 1.39. The van der Waals surface area contributed by atoms with E-state index in [0.29, 0.717) is 41.6 Å². The molecule has 0 aliphatic carbocycles. The van der Waals surface area contributed by atoms with Gasteiger partial charge < -0.3 is 9.64 Å². The molecule has 28 heavy (non-hydrogen) atoms. The second kappa shape index (κ2) is 8.07. The maximum Gasteiger partial charge on any atom is 0.324 e. The van der Waals surface area contributed by atoms with Crippen molar-refractivity contribution in [3.63, 3.8) is 0 Å². The molecule has 1 N–H and O–H groups in total. The Balaban J connectivity index is 1.73. The normalized spacial score (nSPS) is 16.6. The van der Waals surface area contributed by atoms with Gasteiger partial charge in [-0.25, -0.2) is 14.8 Å². The van der Waals surface area contributed by atoms with E-state index < -0.39 is 0 Å². The lowest BCUT2D eigenvalue weighted by atomic mass is 10.1. The highest BCUT2D eigenvalue weighted by Gasteiger charge is 2.34. The number of fused-ring (bicyclic) bond motifs is 1. The van der Waals surface area contributed by atoms with Gasteiger partial charge >= 0.3 is 6.03 Å². The first-order valence-electron chi connectivity index (χ1n) is 9.14. The van der Waals surface area contributed by atoms with Crippen LogP contribution in [0.2, 0.25) is 0 Å². The second-order valence-corrected chi connectivity index (χ2v) is 7.45. The van der Waals surface area contributed by atoms with Crippen LogP contribution in [0.15, 0.2) is 40.6 Å². The van der Waals surface area contributed by atoms with Crippen LogP contribution in [0.4, 0.5) is 9.93 Å². The number of thiazole rings is 1. The molecule has 1 aliphatic rings. The average molecular weight is 399 g/mol. The van der Waals surface area contributed by atoms with E-state index >= 15 is 0 Å². The van der Waals surface area contributed by atoms with Gasteiger partial charge in [0.15, 0.2) is 5.13 Å². The van der Waals surface area contributed by atoms with Crippen molar-refractivity contribution in [3.8, 4) is 0 Å². The fourth-order valence-electron chi connectivity index (χ4n) is 3.56. The summed E-state index contributed by atoms with van der Waals surface area (Å²) in [6, 6.07) is 6.80. The number of hydrogen-bond donors (Lipinski definition) is 1. The lowest BCUT2D eigenvalue weighted by molar-refractivity contribution is 0.180. The molecule has 1 aromatic carbocycles. The number of nitrogens with zero attached hydrogens (tertiary/aromatic N) is 4. The average Bonchev–Trinajstić information content (AvgIpc) is 3.39. The van der Waals surface area contributed by atoms with Gasteiger partial charge in [-0.3, -0.25) is 14.7 Å². The lowest BCUT2D eigenvalue weighted by Gasteiger charge is -2.26. The van der Waals surface area contributed by atoms with Crippen LogP contribution in [0.1, 0.15) is 24.7 Å². The number of carbonyl (C=O) groups is 1. The molecule has 3 heterocycles. The molecule has 0 bridgehead atoms. The minimum absolute atomic E-state index is 0.107. The summed E-state index contributed by atoms with van der Waals surface area (Å²) >= 11 is 1.37. The highest BCUT2D eigenvalue weighted by atomic mass is 32.1. The van der Waals surface area contributed by atoms with E-state index in [-0.39, 0.29) is 17.6 Å². The monoisotopic (exact) mass is 399 g/mol. The molecule has 0 saturated carbocycles. The molecule has 4 rings (SSSR count). The van der Waals surface area contributed by atoms with Crippen molar-refractivity contribution in [2.75, 3.05) is 25.6 Å². The number of rotatable bonds is 5. The van der Waals surface area contributed by atoms with Gasteiger partial charge in [0.25, 0.3) is 5.56 Å².